The molecule has 162 valence electrons. The lowest BCUT2D eigenvalue weighted by molar-refractivity contribution is -0.116. The number of rotatable bonds is 9. The van der Waals surface area contributed by atoms with Gasteiger partial charge in [0.2, 0.25) is 15.9 Å². The molecule has 0 saturated heterocycles. The van der Waals surface area contributed by atoms with Crippen LogP contribution in [0.15, 0.2) is 83.8 Å². The van der Waals surface area contributed by atoms with Crippen LogP contribution >= 0.6 is 0 Å². The van der Waals surface area contributed by atoms with Crippen molar-refractivity contribution < 1.29 is 17.9 Å². The molecule has 0 saturated carbocycles. The van der Waals surface area contributed by atoms with Gasteiger partial charge in [0.1, 0.15) is 5.75 Å². The highest BCUT2D eigenvalue weighted by Gasteiger charge is 2.26. The lowest BCUT2D eigenvalue weighted by Gasteiger charge is -2.22. The van der Waals surface area contributed by atoms with E-state index in [4.69, 9.17) is 4.74 Å². The topological polar surface area (TPSA) is 75.7 Å². The summed E-state index contributed by atoms with van der Waals surface area (Å²) in [7, 11) is -2.32. The van der Waals surface area contributed by atoms with E-state index in [2.05, 4.69) is 5.32 Å². The number of benzene rings is 3. The van der Waals surface area contributed by atoms with E-state index in [0.29, 0.717) is 17.9 Å². The maximum absolute atomic E-state index is 13.2. The zero-order valence-electron chi connectivity index (χ0n) is 17.6. The van der Waals surface area contributed by atoms with E-state index >= 15 is 0 Å². The molecule has 0 unspecified atom stereocenters. The number of nitrogens with zero attached hydrogens (tertiary/aromatic N) is 1. The van der Waals surface area contributed by atoms with Crippen LogP contribution in [-0.2, 0) is 21.2 Å². The summed E-state index contributed by atoms with van der Waals surface area (Å²) in [6, 6.07) is 23.2. The van der Waals surface area contributed by atoms with Gasteiger partial charge < -0.3 is 10.1 Å². The second-order valence-corrected chi connectivity index (χ2v) is 9.08. The van der Waals surface area contributed by atoms with E-state index in [0.717, 1.165) is 11.1 Å². The van der Waals surface area contributed by atoms with Gasteiger partial charge in [-0.1, -0.05) is 54.6 Å². The predicted molar refractivity (Wildman–Crippen MR) is 122 cm³/mol. The molecule has 6 nitrogen and oxygen atoms in total. The Kier molecular flexibility index (Phi) is 7.44. The van der Waals surface area contributed by atoms with Crippen LogP contribution in [0.4, 0.5) is 5.69 Å². The zero-order chi connectivity index (χ0) is 22.3. The van der Waals surface area contributed by atoms with Crippen molar-refractivity contribution in [2.75, 3.05) is 25.5 Å². The second kappa shape index (κ2) is 10.2. The number of sulfonamides is 1. The number of nitrogens with one attached hydrogen (secondary N) is 1. The highest BCUT2D eigenvalue weighted by atomic mass is 32.2. The second-order valence-electron chi connectivity index (χ2n) is 7.14. The Morgan fingerprint density at radius 2 is 1.61 bits per heavy atom. The van der Waals surface area contributed by atoms with Crippen molar-refractivity contribution in [3.8, 4) is 5.75 Å². The number of amides is 1. The summed E-state index contributed by atoms with van der Waals surface area (Å²) >= 11 is 0. The van der Waals surface area contributed by atoms with Gasteiger partial charge >= 0.3 is 0 Å². The number of aryl methyl sites for hydroxylation is 1. The van der Waals surface area contributed by atoms with E-state index in [-0.39, 0.29) is 18.0 Å². The molecule has 3 rings (SSSR count). The fourth-order valence-corrected chi connectivity index (χ4v) is 4.61. The first-order valence-corrected chi connectivity index (χ1v) is 11.4. The van der Waals surface area contributed by atoms with Gasteiger partial charge in [-0.05, 0) is 48.7 Å². The smallest absolute Gasteiger partial charge is 0.243 e. The van der Waals surface area contributed by atoms with Crippen LogP contribution in [0.5, 0.6) is 5.75 Å². The molecule has 0 aliphatic heterocycles. The molecule has 0 fully saturated rings. The molecule has 31 heavy (non-hydrogen) atoms. The number of methoxy groups -OCH3 is 1. The monoisotopic (exact) mass is 438 g/mol. The van der Waals surface area contributed by atoms with Gasteiger partial charge in [0, 0.05) is 6.54 Å². The van der Waals surface area contributed by atoms with Crippen LogP contribution in [-0.4, -0.2) is 38.8 Å². The van der Waals surface area contributed by atoms with Gasteiger partial charge in [0.05, 0.1) is 24.2 Å². The van der Waals surface area contributed by atoms with Crippen molar-refractivity contribution in [2.45, 2.75) is 18.2 Å². The minimum atomic E-state index is -3.84. The molecule has 0 radical (unpaired) electrons. The van der Waals surface area contributed by atoms with Gasteiger partial charge in [-0.15, -0.1) is 0 Å². The third-order valence-electron chi connectivity index (χ3n) is 4.82. The van der Waals surface area contributed by atoms with E-state index < -0.39 is 15.9 Å². The molecule has 0 spiro atoms. The maximum atomic E-state index is 13.2. The Balaban J connectivity index is 1.82. The van der Waals surface area contributed by atoms with Crippen LogP contribution in [0, 0.1) is 6.92 Å². The summed E-state index contributed by atoms with van der Waals surface area (Å²) in [5, 5.41) is 2.78. The van der Waals surface area contributed by atoms with E-state index in [1.807, 2.05) is 43.3 Å². The van der Waals surface area contributed by atoms with Crippen LogP contribution in [0.2, 0.25) is 0 Å². The molecule has 1 amide bonds. The largest absolute Gasteiger partial charge is 0.495 e. The average Bonchev–Trinajstić information content (AvgIpc) is 2.78. The quantitative estimate of drug-likeness (QED) is 0.550. The van der Waals surface area contributed by atoms with Crippen LogP contribution in [0.25, 0.3) is 0 Å². The molecule has 3 aromatic carbocycles. The normalized spacial score (nSPS) is 11.3. The number of carbonyl (C=O) groups excluding carboxylic acids is 1. The van der Waals surface area contributed by atoms with Gasteiger partial charge in [0.15, 0.2) is 0 Å². The highest BCUT2D eigenvalue weighted by molar-refractivity contribution is 7.89. The number of carbonyl (C=O) groups is 1. The Labute approximate surface area is 183 Å². The lowest BCUT2D eigenvalue weighted by atomic mass is 10.1. The van der Waals surface area contributed by atoms with Gasteiger partial charge in [0.25, 0.3) is 0 Å². The number of anilines is 1. The molecule has 0 aromatic heterocycles. The Bertz CT molecular complexity index is 1120. The van der Waals surface area contributed by atoms with E-state index in [1.165, 1.54) is 23.5 Å². The Morgan fingerprint density at radius 1 is 0.968 bits per heavy atom. The number of hydrogen-bond acceptors (Lipinski definition) is 4. The highest BCUT2D eigenvalue weighted by Crippen LogP contribution is 2.25. The fourth-order valence-electron chi connectivity index (χ4n) is 3.19. The Hall–Kier alpha value is -3.16. The molecule has 0 bridgehead atoms. The predicted octanol–water partition coefficient (Wildman–Crippen LogP) is 3.88. The minimum absolute atomic E-state index is 0.156. The lowest BCUT2D eigenvalue weighted by Crippen LogP contribution is -2.39. The van der Waals surface area contributed by atoms with E-state index in [1.54, 1.807) is 30.3 Å². The van der Waals surface area contributed by atoms with Gasteiger partial charge in [-0.3, -0.25) is 4.79 Å². The maximum Gasteiger partial charge on any atom is 0.243 e. The molecular formula is C24H26N2O4S. The standard InChI is InChI=1S/C24H26N2O4S/c1-19-13-14-23(30-2)22(17-19)25-24(27)18-26(16-15-20-9-5-3-6-10-20)31(28,29)21-11-7-4-8-12-21/h3-14,17H,15-16,18H2,1-2H3,(H,25,27). The summed E-state index contributed by atoms with van der Waals surface area (Å²) in [5.74, 6) is 0.0807. The Morgan fingerprint density at radius 3 is 2.26 bits per heavy atom. The van der Waals surface area contributed by atoms with Crippen molar-refractivity contribution in [3.63, 3.8) is 0 Å². The average molecular weight is 439 g/mol. The third-order valence-corrected chi connectivity index (χ3v) is 6.68. The third kappa shape index (κ3) is 5.93. The van der Waals surface area contributed by atoms with Crippen molar-refractivity contribution in [2.24, 2.45) is 0 Å². The molecule has 0 aliphatic rings. The van der Waals surface area contributed by atoms with Crippen molar-refractivity contribution in [1.29, 1.82) is 0 Å². The fraction of sp³-hybridized carbons (Fsp3) is 0.208. The summed E-state index contributed by atoms with van der Waals surface area (Å²) in [6.45, 7) is 1.78. The summed E-state index contributed by atoms with van der Waals surface area (Å²) in [6.07, 6.45) is 0.494. The zero-order valence-corrected chi connectivity index (χ0v) is 18.4. The summed E-state index contributed by atoms with van der Waals surface area (Å²) in [4.78, 5) is 13.0. The van der Waals surface area contributed by atoms with Crippen molar-refractivity contribution >= 4 is 21.6 Å². The molecule has 7 heteroatoms. The van der Waals surface area contributed by atoms with Crippen LogP contribution in [0.1, 0.15) is 11.1 Å². The number of ether oxygens (including phenoxy) is 1. The SMILES string of the molecule is COc1ccc(C)cc1NC(=O)CN(CCc1ccccc1)S(=O)(=O)c1ccccc1. The van der Waals surface area contributed by atoms with E-state index in [9.17, 15) is 13.2 Å². The number of hydrogen-bond donors (Lipinski definition) is 1. The summed E-state index contributed by atoms with van der Waals surface area (Å²) < 4.78 is 33.0. The molecule has 1 N–H and O–H groups in total. The summed E-state index contributed by atoms with van der Waals surface area (Å²) in [5.41, 5.74) is 2.46. The molecule has 0 heterocycles. The molecule has 0 aliphatic carbocycles. The first kappa shape index (κ1) is 22.5. The van der Waals surface area contributed by atoms with Crippen molar-refractivity contribution in [3.05, 3.63) is 90.0 Å². The van der Waals surface area contributed by atoms with Crippen LogP contribution < -0.4 is 10.1 Å². The molecule has 0 atom stereocenters. The molecular weight excluding hydrogens is 412 g/mol. The van der Waals surface area contributed by atoms with Gasteiger partial charge in [-0.25, -0.2) is 8.42 Å². The minimum Gasteiger partial charge on any atom is -0.495 e. The first-order chi connectivity index (χ1) is 14.9. The van der Waals surface area contributed by atoms with Gasteiger partial charge in [-0.2, -0.15) is 4.31 Å². The van der Waals surface area contributed by atoms with Crippen molar-refractivity contribution in [1.82, 2.24) is 4.31 Å². The first-order valence-electron chi connectivity index (χ1n) is 9.94. The van der Waals surface area contributed by atoms with Crippen LogP contribution in [0.3, 0.4) is 0 Å². The molecule has 3 aromatic rings.